The number of carbonyl (C=O) groups excluding carboxylic acids is 3. The van der Waals surface area contributed by atoms with Crippen LogP contribution in [-0.4, -0.2) is 119 Å². The fourth-order valence-electron chi connectivity index (χ4n) is 8.76. The van der Waals surface area contributed by atoms with Crippen molar-refractivity contribution >= 4 is 85.4 Å². The van der Waals surface area contributed by atoms with Crippen LogP contribution in [0.25, 0.3) is 10.4 Å². The van der Waals surface area contributed by atoms with E-state index < -0.39 is 38.7 Å². The lowest BCUT2D eigenvalue weighted by Gasteiger charge is -2.35. The number of sulfone groups is 1. The number of aliphatic hydroxyl groups is 1. The fourth-order valence-corrected chi connectivity index (χ4v) is 12.1. The third kappa shape index (κ3) is 14.7. The summed E-state index contributed by atoms with van der Waals surface area (Å²) >= 11 is 9.90. The number of methoxy groups -OCH3 is 1. The lowest BCUT2D eigenvalue weighted by molar-refractivity contribution is -0.144. The van der Waals surface area contributed by atoms with Gasteiger partial charge < -0.3 is 40.9 Å². The average Bonchev–Trinajstić information content (AvgIpc) is 3.96. The summed E-state index contributed by atoms with van der Waals surface area (Å²) in [5.41, 5.74) is 7.52. The third-order valence-corrected chi connectivity index (χ3v) is 17.7. The lowest BCUT2D eigenvalue weighted by atomic mass is 9.85. The van der Waals surface area contributed by atoms with E-state index in [1.165, 1.54) is 18.0 Å². The number of β-amino-alcohol motifs (C(OH)–C–C–N with tert-alkyl or cyclic N) is 1. The Morgan fingerprint density at radius 2 is 1.73 bits per heavy atom. The molecular formula is C54H72ClN9O7S3. The van der Waals surface area contributed by atoms with Crippen LogP contribution in [0.5, 0.6) is 5.75 Å². The standard InChI is InChI=1S/C54H72ClN9O7S3/c1-32(2)74(69,70)47-18-14-13-17-42(47)60-50-41(55)29-56-53(62-50)61-43-25-33(3)37(26-45(43)71-11)21-23-63(10)22-15-12-16-24-72-46-27-38(19-20-40(46)48-35(5)57-31-73-48)34(4)58-51(67)44-28-39(66)30-64(44)52(68)49(54(7,8)9)59-36(6)65/h13-14,17-20,25-27,29,31-32,34,39,44,49,66H,12,15-16,21-24,28,30H2,1-11H3,(H,58,67)(H,59,65)(H2,56,60,61,62)/t34-,39+,44-,49+/m0/s1. The molecule has 0 unspecified atom stereocenters. The van der Waals surface area contributed by atoms with Crippen molar-refractivity contribution in [1.82, 2.24) is 35.4 Å². The van der Waals surface area contributed by atoms with E-state index in [0.29, 0.717) is 17.1 Å². The summed E-state index contributed by atoms with van der Waals surface area (Å²) in [4.78, 5) is 59.3. The summed E-state index contributed by atoms with van der Waals surface area (Å²) in [7, 11) is 0.184. The first kappa shape index (κ1) is 58.0. The number of benzene rings is 3. The van der Waals surface area contributed by atoms with Crippen LogP contribution in [0, 0.1) is 19.3 Å². The summed E-state index contributed by atoms with van der Waals surface area (Å²) in [5, 5.41) is 22.5. The molecule has 0 bridgehead atoms. The number of nitrogens with zero attached hydrogens (tertiary/aromatic N) is 5. The Balaban J connectivity index is 1.01. The number of anilines is 4. The smallest absolute Gasteiger partial charge is 0.246 e. The average molecular weight is 1090 g/mol. The topological polar surface area (TPSA) is 208 Å². The maximum absolute atomic E-state index is 13.9. The van der Waals surface area contributed by atoms with Gasteiger partial charge in [0.2, 0.25) is 23.7 Å². The molecule has 16 nitrogen and oxygen atoms in total. The molecule has 1 aliphatic rings. The number of aliphatic hydroxyl groups excluding tert-OH is 1. The van der Waals surface area contributed by atoms with Gasteiger partial charge in [0, 0.05) is 36.9 Å². The molecule has 1 saturated heterocycles. The zero-order valence-electron chi connectivity index (χ0n) is 44.3. The molecule has 5 N–H and O–H groups in total. The number of aryl methyl sites for hydroxylation is 2. The van der Waals surface area contributed by atoms with Crippen molar-refractivity contribution in [2.24, 2.45) is 5.41 Å². The number of aromatic nitrogens is 3. The molecular weight excluding hydrogens is 1020 g/mol. The minimum Gasteiger partial charge on any atom is -0.495 e. The van der Waals surface area contributed by atoms with Gasteiger partial charge in [0.15, 0.2) is 15.7 Å². The van der Waals surface area contributed by atoms with E-state index in [1.54, 1.807) is 68.3 Å². The van der Waals surface area contributed by atoms with Gasteiger partial charge >= 0.3 is 0 Å². The first-order chi connectivity index (χ1) is 35.0. The second-order valence-electron chi connectivity index (χ2n) is 20.3. The van der Waals surface area contributed by atoms with Crippen LogP contribution in [0.4, 0.5) is 23.1 Å². The number of unbranched alkanes of at least 4 members (excludes halogenated alkanes) is 2. The van der Waals surface area contributed by atoms with Gasteiger partial charge in [-0.25, -0.2) is 18.4 Å². The van der Waals surface area contributed by atoms with E-state index in [1.807, 2.05) is 58.3 Å². The number of para-hydroxylation sites is 1. The number of likely N-dealkylation sites (N-methyl/N-ethyl adjacent to an activating group) is 1. The van der Waals surface area contributed by atoms with Crippen LogP contribution >= 0.6 is 34.7 Å². The Labute approximate surface area is 450 Å². The largest absolute Gasteiger partial charge is 0.495 e. The van der Waals surface area contributed by atoms with Crippen molar-refractivity contribution < 1.29 is 32.6 Å². The Hall–Kier alpha value is -5.31. The first-order valence-electron chi connectivity index (χ1n) is 25.0. The molecule has 4 atom stereocenters. The number of hydrogen-bond acceptors (Lipinski definition) is 15. The molecule has 3 amide bonds. The van der Waals surface area contributed by atoms with E-state index in [2.05, 4.69) is 67.2 Å². The van der Waals surface area contributed by atoms with Crippen molar-refractivity contribution in [3.8, 4) is 16.2 Å². The Morgan fingerprint density at radius 1 is 0.986 bits per heavy atom. The van der Waals surface area contributed by atoms with Crippen LogP contribution in [0.2, 0.25) is 5.02 Å². The second kappa shape index (κ2) is 25.5. The molecule has 6 rings (SSSR count). The molecule has 74 heavy (non-hydrogen) atoms. The van der Waals surface area contributed by atoms with Crippen LogP contribution in [0.1, 0.15) is 103 Å². The summed E-state index contributed by atoms with van der Waals surface area (Å²) in [6, 6.07) is 14.9. The minimum atomic E-state index is -3.58. The quantitative estimate of drug-likeness (QED) is 0.0305. The lowest BCUT2D eigenvalue weighted by Crippen LogP contribution is -2.57. The maximum atomic E-state index is 13.9. The number of likely N-dealkylation sites (tertiary alicyclic amines) is 1. The normalized spacial score (nSPS) is 15.8. The Morgan fingerprint density at radius 3 is 2.41 bits per heavy atom. The first-order valence-corrected chi connectivity index (χ1v) is 28.8. The molecule has 1 aliphatic heterocycles. The zero-order chi connectivity index (χ0) is 54.1. The highest BCUT2D eigenvalue weighted by Crippen LogP contribution is 2.39. The van der Waals surface area contributed by atoms with E-state index in [0.717, 1.165) is 82.2 Å². The van der Waals surface area contributed by atoms with Crippen molar-refractivity contribution in [1.29, 1.82) is 0 Å². The van der Waals surface area contributed by atoms with Crippen molar-refractivity contribution in [2.75, 3.05) is 50.2 Å². The maximum Gasteiger partial charge on any atom is 0.246 e. The van der Waals surface area contributed by atoms with Gasteiger partial charge in [-0.05, 0) is 126 Å². The zero-order valence-corrected chi connectivity index (χ0v) is 47.5. The Kier molecular flexibility index (Phi) is 20.0. The van der Waals surface area contributed by atoms with Gasteiger partial charge in [0.05, 0.1) is 63.1 Å². The van der Waals surface area contributed by atoms with E-state index in [4.69, 9.17) is 16.3 Å². The van der Waals surface area contributed by atoms with E-state index in [9.17, 15) is 27.9 Å². The number of amides is 3. The number of hydrogen-bond donors (Lipinski definition) is 5. The molecule has 400 valence electrons. The van der Waals surface area contributed by atoms with Gasteiger partial charge in [0.25, 0.3) is 0 Å². The summed E-state index contributed by atoms with van der Waals surface area (Å²) in [5.74, 6) is 0.974. The van der Waals surface area contributed by atoms with Gasteiger partial charge in [-0.1, -0.05) is 63.1 Å². The third-order valence-electron chi connectivity index (χ3n) is 13.1. The van der Waals surface area contributed by atoms with Crippen molar-refractivity contribution in [2.45, 2.75) is 134 Å². The summed E-state index contributed by atoms with van der Waals surface area (Å²) < 4.78 is 32.0. The number of nitrogens with one attached hydrogen (secondary N) is 4. The summed E-state index contributed by atoms with van der Waals surface area (Å²) in [6.45, 7) is 18.0. The molecule has 0 spiro atoms. The number of ether oxygens (including phenoxy) is 1. The van der Waals surface area contributed by atoms with Crippen LogP contribution < -0.4 is 26.0 Å². The van der Waals surface area contributed by atoms with Gasteiger partial charge in [-0.2, -0.15) is 4.98 Å². The minimum absolute atomic E-state index is 0.0157. The number of thiazole rings is 1. The SMILES string of the molecule is COc1cc(CCN(C)CCCCCSc2cc([C@H](C)NC(=O)[C@@H]3C[C@@H](O)CN3C(=O)[C@@H](NC(C)=O)C(C)(C)C)ccc2-c2scnc2C)c(C)cc1Nc1ncc(Cl)c(Nc2ccccc2S(=O)(=O)C(C)C)n1. The predicted octanol–water partition coefficient (Wildman–Crippen LogP) is 9.67. The van der Waals surface area contributed by atoms with Crippen molar-refractivity contribution in [3.05, 3.63) is 93.7 Å². The Bertz CT molecular complexity index is 2890. The molecule has 3 aromatic carbocycles. The van der Waals surface area contributed by atoms with Crippen LogP contribution in [0.15, 0.2) is 76.1 Å². The van der Waals surface area contributed by atoms with Gasteiger partial charge in [-0.15, -0.1) is 23.1 Å². The molecule has 1 fully saturated rings. The molecule has 0 saturated carbocycles. The number of carbonyl (C=O) groups is 3. The highest BCUT2D eigenvalue weighted by molar-refractivity contribution is 7.99. The number of rotatable bonds is 23. The molecule has 2 aromatic heterocycles. The van der Waals surface area contributed by atoms with Crippen LogP contribution in [-0.2, 0) is 30.6 Å². The monoisotopic (exact) mass is 1090 g/mol. The fraction of sp³-hybridized carbons (Fsp3) is 0.481. The highest BCUT2D eigenvalue weighted by Gasteiger charge is 2.44. The van der Waals surface area contributed by atoms with E-state index in [-0.39, 0.29) is 58.4 Å². The number of halogens is 1. The molecule has 20 heteroatoms. The molecule has 3 heterocycles. The number of thioether (sulfide) groups is 1. The van der Waals surface area contributed by atoms with E-state index >= 15 is 0 Å². The molecule has 5 aromatic rings. The summed E-state index contributed by atoms with van der Waals surface area (Å²) in [6.07, 6.45) is 4.66. The van der Waals surface area contributed by atoms with Crippen LogP contribution in [0.3, 0.4) is 0 Å². The molecule has 0 radical (unpaired) electrons. The molecule has 0 aliphatic carbocycles. The highest BCUT2D eigenvalue weighted by atomic mass is 35.5. The second-order valence-corrected chi connectivity index (χ2v) is 25.2. The van der Waals surface area contributed by atoms with Crippen molar-refractivity contribution in [3.63, 3.8) is 0 Å². The van der Waals surface area contributed by atoms with Gasteiger partial charge in [0.1, 0.15) is 22.9 Å². The predicted molar refractivity (Wildman–Crippen MR) is 298 cm³/mol. The van der Waals surface area contributed by atoms with Gasteiger partial charge in [-0.3, -0.25) is 14.4 Å².